The van der Waals surface area contributed by atoms with E-state index in [1.54, 1.807) is 60.7 Å². The van der Waals surface area contributed by atoms with Crippen LogP contribution in [0.15, 0.2) is 75.0 Å². The summed E-state index contributed by atoms with van der Waals surface area (Å²) in [7, 11) is 1.25. The standard InChI is InChI=1S/C27H18Cl3N3O5/c1-14(27(35)36-2)37-24-19(29)9-15(10-20(24)30)13-31-33-25(32-21-6-4-3-5-18(21)26(33)34)23-12-16-11-17(28)7-8-22(16)38-23/h3-14H,1-2H3/t14-/m0/s1. The highest BCUT2D eigenvalue weighted by Crippen LogP contribution is 2.35. The van der Waals surface area contributed by atoms with Crippen molar-refractivity contribution in [2.24, 2.45) is 5.10 Å². The van der Waals surface area contributed by atoms with Crippen molar-refractivity contribution in [2.75, 3.05) is 7.11 Å². The smallest absolute Gasteiger partial charge is 0.346 e. The van der Waals surface area contributed by atoms with Crippen molar-refractivity contribution < 1.29 is 18.7 Å². The summed E-state index contributed by atoms with van der Waals surface area (Å²) in [5, 5.41) is 6.38. The number of halogens is 3. The van der Waals surface area contributed by atoms with Crippen molar-refractivity contribution in [3.63, 3.8) is 0 Å². The lowest BCUT2D eigenvalue weighted by molar-refractivity contribution is -0.147. The molecular weight excluding hydrogens is 553 g/mol. The number of fused-ring (bicyclic) bond motifs is 2. The lowest BCUT2D eigenvalue weighted by Crippen LogP contribution is -2.25. The lowest BCUT2D eigenvalue weighted by Gasteiger charge is -2.15. The number of para-hydroxylation sites is 1. The zero-order chi connectivity index (χ0) is 27.0. The molecule has 0 amide bonds. The quantitative estimate of drug-likeness (QED) is 0.169. The summed E-state index contributed by atoms with van der Waals surface area (Å²) in [6, 6.07) is 17.0. The SMILES string of the molecule is COC(=O)[C@H](C)Oc1c(Cl)cc(C=Nn2c(-c3cc4cc(Cl)ccc4o3)nc3ccccc3c2=O)cc1Cl. The van der Waals surface area contributed by atoms with Crippen molar-refractivity contribution >= 4 is 68.9 Å². The van der Waals surface area contributed by atoms with Crippen molar-refractivity contribution in [3.8, 4) is 17.3 Å². The molecule has 5 aromatic rings. The zero-order valence-corrected chi connectivity index (χ0v) is 22.2. The van der Waals surface area contributed by atoms with Gasteiger partial charge in [0.25, 0.3) is 5.56 Å². The molecule has 0 spiro atoms. The first kappa shape index (κ1) is 25.8. The molecule has 0 radical (unpaired) electrons. The van der Waals surface area contributed by atoms with Crippen LogP contribution in [0, 0.1) is 0 Å². The molecule has 11 heteroatoms. The van der Waals surface area contributed by atoms with Crippen LogP contribution in [0.25, 0.3) is 33.5 Å². The summed E-state index contributed by atoms with van der Waals surface area (Å²) in [5.41, 5.74) is 1.15. The minimum atomic E-state index is -0.919. The van der Waals surface area contributed by atoms with E-state index >= 15 is 0 Å². The van der Waals surface area contributed by atoms with Crippen LogP contribution in [0.5, 0.6) is 5.75 Å². The molecule has 38 heavy (non-hydrogen) atoms. The number of methoxy groups -OCH3 is 1. The Kier molecular flexibility index (Phi) is 7.12. The van der Waals surface area contributed by atoms with E-state index < -0.39 is 17.6 Å². The van der Waals surface area contributed by atoms with Gasteiger partial charge in [0.2, 0.25) is 5.82 Å². The summed E-state index contributed by atoms with van der Waals surface area (Å²) in [5.74, 6) is 0.0705. The summed E-state index contributed by atoms with van der Waals surface area (Å²) in [6.45, 7) is 1.51. The number of ether oxygens (including phenoxy) is 2. The molecule has 0 N–H and O–H groups in total. The first-order valence-electron chi connectivity index (χ1n) is 11.2. The van der Waals surface area contributed by atoms with Gasteiger partial charge in [0.15, 0.2) is 17.6 Å². The van der Waals surface area contributed by atoms with Crippen LogP contribution in [-0.2, 0) is 9.53 Å². The van der Waals surface area contributed by atoms with Crippen LogP contribution in [-0.4, -0.2) is 35.1 Å². The molecule has 0 unspecified atom stereocenters. The van der Waals surface area contributed by atoms with Gasteiger partial charge in [-0.3, -0.25) is 4.79 Å². The molecule has 0 saturated heterocycles. The fourth-order valence-corrected chi connectivity index (χ4v) is 4.57. The Balaban J connectivity index is 1.59. The fraction of sp³-hybridized carbons (Fsp3) is 0.111. The third-order valence-electron chi connectivity index (χ3n) is 5.62. The molecule has 0 bridgehead atoms. The number of aromatic nitrogens is 2. The number of hydrogen-bond donors (Lipinski definition) is 0. The van der Waals surface area contributed by atoms with Crippen molar-refractivity contribution in [3.05, 3.63) is 91.6 Å². The Hall–Kier alpha value is -3.85. The van der Waals surface area contributed by atoms with E-state index in [2.05, 4.69) is 14.8 Å². The van der Waals surface area contributed by atoms with Crippen molar-refractivity contribution in [2.45, 2.75) is 13.0 Å². The predicted molar refractivity (Wildman–Crippen MR) is 148 cm³/mol. The second-order valence-corrected chi connectivity index (χ2v) is 9.45. The molecule has 2 heterocycles. The average molecular weight is 571 g/mol. The number of furan rings is 1. The number of benzene rings is 3. The highest BCUT2D eigenvalue weighted by atomic mass is 35.5. The van der Waals surface area contributed by atoms with Gasteiger partial charge in [-0.25, -0.2) is 9.78 Å². The van der Waals surface area contributed by atoms with Crippen LogP contribution >= 0.6 is 34.8 Å². The van der Waals surface area contributed by atoms with E-state index in [1.165, 1.54) is 20.2 Å². The molecule has 0 aliphatic heterocycles. The summed E-state index contributed by atoms with van der Waals surface area (Å²) in [6.07, 6.45) is 0.490. The number of carbonyl (C=O) groups excluding carboxylic acids is 1. The molecule has 8 nitrogen and oxygen atoms in total. The van der Waals surface area contributed by atoms with Gasteiger partial charge in [-0.15, -0.1) is 0 Å². The molecule has 2 aromatic heterocycles. The van der Waals surface area contributed by atoms with E-state index in [-0.39, 0.29) is 21.6 Å². The maximum absolute atomic E-state index is 13.4. The molecule has 192 valence electrons. The van der Waals surface area contributed by atoms with E-state index in [1.807, 2.05) is 0 Å². The monoisotopic (exact) mass is 569 g/mol. The summed E-state index contributed by atoms with van der Waals surface area (Å²) >= 11 is 18.9. The minimum Gasteiger partial charge on any atom is -0.476 e. The van der Waals surface area contributed by atoms with Gasteiger partial charge in [0, 0.05) is 10.4 Å². The first-order chi connectivity index (χ1) is 18.2. The van der Waals surface area contributed by atoms with Crippen LogP contribution in [0.2, 0.25) is 15.1 Å². The van der Waals surface area contributed by atoms with Crippen LogP contribution < -0.4 is 10.3 Å². The van der Waals surface area contributed by atoms with Crippen LogP contribution in [0.4, 0.5) is 0 Å². The molecule has 5 rings (SSSR count). The van der Waals surface area contributed by atoms with E-state index in [0.717, 1.165) is 10.1 Å². The van der Waals surface area contributed by atoms with E-state index in [9.17, 15) is 9.59 Å². The number of hydrogen-bond acceptors (Lipinski definition) is 7. The largest absolute Gasteiger partial charge is 0.476 e. The minimum absolute atomic E-state index is 0.120. The molecule has 0 aliphatic carbocycles. The first-order valence-corrected chi connectivity index (χ1v) is 12.4. The van der Waals surface area contributed by atoms with Gasteiger partial charge in [0.05, 0.1) is 34.3 Å². The second kappa shape index (κ2) is 10.5. The number of carbonyl (C=O) groups is 1. The third-order valence-corrected chi connectivity index (χ3v) is 6.42. The fourth-order valence-electron chi connectivity index (χ4n) is 3.80. The Labute approximate surface area is 231 Å². The average Bonchev–Trinajstić information content (AvgIpc) is 3.32. The van der Waals surface area contributed by atoms with E-state index in [0.29, 0.717) is 32.8 Å². The van der Waals surface area contributed by atoms with Crippen LogP contribution in [0.3, 0.4) is 0 Å². The predicted octanol–water partition coefficient (Wildman–Crippen LogP) is 6.59. The zero-order valence-electron chi connectivity index (χ0n) is 19.9. The highest BCUT2D eigenvalue weighted by molar-refractivity contribution is 6.37. The van der Waals surface area contributed by atoms with Crippen LogP contribution in [0.1, 0.15) is 12.5 Å². The van der Waals surface area contributed by atoms with Gasteiger partial charge >= 0.3 is 5.97 Å². The molecular formula is C27H18Cl3N3O5. The second-order valence-electron chi connectivity index (χ2n) is 8.20. The maximum atomic E-state index is 13.4. The molecule has 0 saturated carbocycles. The lowest BCUT2D eigenvalue weighted by atomic mass is 10.2. The third kappa shape index (κ3) is 4.98. The topological polar surface area (TPSA) is 95.9 Å². The van der Waals surface area contributed by atoms with Gasteiger partial charge in [-0.1, -0.05) is 46.9 Å². The van der Waals surface area contributed by atoms with Gasteiger partial charge in [-0.2, -0.15) is 9.78 Å². The number of esters is 1. The van der Waals surface area contributed by atoms with Gasteiger partial charge in [-0.05, 0) is 61.0 Å². The van der Waals surface area contributed by atoms with Gasteiger partial charge < -0.3 is 13.9 Å². The summed E-state index contributed by atoms with van der Waals surface area (Å²) < 4.78 is 17.3. The Morgan fingerprint density at radius 3 is 2.55 bits per heavy atom. The Bertz CT molecular complexity index is 1770. The molecule has 0 fully saturated rings. The number of nitrogens with zero attached hydrogens (tertiary/aromatic N) is 3. The normalized spacial score (nSPS) is 12.3. The van der Waals surface area contributed by atoms with Crippen molar-refractivity contribution in [1.29, 1.82) is 0 Å². The van der Waals surface area contributed by atoms with Gasteiger partial charge in [0.1, 0.15) is 5.58 Å². The number of rotatable bonds is 6. The molecule has 0 aliphatic rings. The molecule has 1 atom stereocenters. The Morgan fingerprint density at radius 2 is 1.82 bits per heavy atom. The van der Waals surface area contributed by atoms with Crippen molar-refractivity contribution in [1.82, 2.24) is 9.66 Å². The molecule has 3 aromatic carbocycles. The maximum Gasteiger partial charge on any atom is 0.346 e. The van der Waals surface area contributed by atoms with E-state index in [4.69, 9.17) is 44.0 Å². The highest BCUT2D eigenvalue weighted by Gasteiger charge is 2.20. The summed E-state index contributed by atoms with van der Waals surface area (Å²) in [4.78, 5) is 29.8. The Morgan fingerprint density at radius 1 is 1.08 bits per heavy atom.